The Morgan fingerprint density at radius 1 is 1.15 bits per heavy atom. The van der Waals surface area contributed by atoms with Gasteiger partial charge in [-0.25, -0.2) is 0 Å². The van der Waals surface area contributed by atoms with Gasteiger partial charge in [-0.15, -0.1) is 0 Å². The molecule has 3 aliphatic heterocycles. The van der Waals surface area contributed by atoms with Crippen molar-refractivity contribution in [1.82, 2.24) is 10.2 Å². The Balaban J connectivity index is 1.41. The van der Waals surface area contributed by atoms with Gasteiger partial charge < -0.3 is 10.1 Å². The van der Waals surface area contributed by atoms with Gasteiger partial charge in [-0.05, 0) is 43.9 Å². The Morgan fingerprint density at radius 2 is 2.10 bits per heavy atom. The molecule has 3 nitrogen and oxygen atoms in total. The Bertz CT molecular complexity index is 476. The predicted molar refractivity (Wildman–Crippen MR) is 80.3 cm³/mol. The molecule has 0 amide bonds. The Kier molecular flexibility index (Phi) is 3.41. The minimum Gasteiger partial charge on any atom is -0.493 e. The number of nitrogens with zero attached hydrogens (tertiary/aromatic N) is 1. The lowest BCUT2D eigenvalue weighted by Gasteiger charge is -2.28. The van der Waals surface area contributed by atoms with Crippen LogP contribution in [0.2, 0.25) is 0 Å². The smallest absolute Gasteiger partial charge is 0.122 e. The van der Waals surface area contributed by atoms with Crippen molar-refractivity contribution in [3.63, 3.8) is 0 Å². The van der Waals surface area contributed by atoms with E-state index in [1.165, 1.54) is 37.9 Å². The summed E-state index contributed by atoms with van der Waals surface area (Å²) < 4.78 is 5.76. The number of hydrogen-bond acceptors (Lipinski definition) is 3. The summed E-state index contributed by atoms with van der Waals surface area (Å²) in [6.07, 6.45) is 5.26. The van der Waals surface area contributed by atoms with E-state index in [2.05, 4.69) is 34.5 Å². The molecule has 0 radical (unpaired) electrons. The molecule has 0 saturated carbocycles. The molecule has 0 spiro atoms. The summed E-state index contributed by atoms with van der Waals surface area (Å²) in [7, 11) is 0. The summed E-state index contributed by atoms with van der Waals surface area (Å²) >= 11 is 0. The lowest BCUT2D eigenvalue weighted by molar-refractivity contribution is 0.256. The van der Waals surface area contributed by atoms with Crippen LogP contribution < -0.4 is 10.1 Å². The largest absolute Gasteiger partial charge is 0.493 e. The molecule has 3 unspecified atom stereocenters. The second kappa shape index (κ2) is 5.38. The van der Waals surface area contributed by atoms with Crippen molar-refractivity contribution in [3.8, 4) is 5.75 Å². The van der Waals surface area contributed by atoms with E-state index >= 15 is 0 Å². The number of hydrogen-bond donors (Lipinski definition) is 1. The molecule has 2 fully saturated rings. The molecule has 1 aromatic rings. The first-order chi connectivity index (χ1) is 9.92. The van der Waals surface area contributed by atoms with E-state index in [4.69, 9.17) is 4.74 Å². The third kappa shape index (κ3) is 2.23. The molecular weight excluding hydrogens is 248 g/mol. The maximum atomic E-state index is 5.76. The standard InChI is InChI=1S/C17H24N2O/c1-2-6-17-14(4-1)13(8-11-20-17)12-18-15-7-10-19-9-3-5-16(15)19/h1-2,4,6,13,15-16,18H,3,5,7-12H2. The van der Waals surface area contributed by atoms with Gasteiger partial charge in [-0.3, -0.25) is 4.90 Å². The number of fused-ring (bicyclic) bond motifs is 2. The van der Waals surface area contributed by atoms with Gasteiger partial charge in [0.15, 0.2) is 0 Å². The van der Waals surface area contributed by atoms with Crippen LogP contribution in [0.4, 0.5) is 0 Å². The van der Waals surface area contributed by atoms with Crippen molar-refractivity contribution in [1.29, 1.82) is 0 Å². The lowest BCUT2D eigenvalue weighted by Crippen LogP contribution is -2.41. The molecule has 3 heteroatoms. The first kappa shape index (κ1) is 12.7. The zero-order valence-corrected chi connectivity index (χ0v) is 12.1. The van der Waals surface area contributed by atoms with Crippen LogP contribution in [0.25, 0.3) is 0 Å². The van der Waals surface area contributed by atoms with Crippen molar-refractivity contribution < 1.29 is 4.74 Å². The molecule has 0 bridgehead atoms. The van der Waals surface area contributed by atoms with Crippen LogP contribution in [-0.2, 0) is 0 Å². The number of ether oxygens (including phenoxy) is 1. The second-order valence-electron chi connectivity index (χ2n) is 6.42. The van der Waals surface area contributed by atoms with E-state index in [1.807, 2.05) is 0 Å². The number of rotatable bonds is 3. The lowest BCUT2D eigenvalue weighted by atomic mass is 9.92. The molecule has 1 aromatic carbocycles. The minimum atomic E-state index is 0.621. The van der Waals surface area contributed by atoms with Crippen molar-refractivity contribution >= 4 is 0 Å². The normalized spacial score (nSPS) is 32.7. The first-order valence-corrected chi connectivity index (χ1v) is 8.11. The third-order valence-electron chi connectivity index (χ3n) is 5.32. The van der Waals surface area contributed by atoms with Crippen molar-refractivity contribution in [2.24, 2.45) is 0 Å². The number of benzene rings is 1. The highest BCUT2D eigenvalue weighted by molar-refractivity contribution is 5.37. The van der Waals surface area contributed by atoms with Gasteiger partial charge in [0.2, 0.25) is 0 Å². The fraction of sp³-hybridized carbons (Fsp3) is 0.647. The molecule has 2 saturated heterocycles. The van der Waals surface area contributed by atoms with Crippen molar-refractivity contribution in [2.75, 3.05) is 26.2 Å². The third-order valence-corrected chi connectivity index (χ3v) is 5.32. The van der Waals surface area contributed by atoms with Crippen LogP contribution in [0.15, 0.2) is 24.3 Å². The maximum absolute atomic E-state index is 5.76. The summed E-state index contributed by atoms with van der Waals surface area (Å²) in [5.41, 5.74) is 1.40. The highest BCUT2D eigenvalue weighted by atomic mass is 16.5. The zero-order valence-electron chi connectivity index (χ0n) is 12.1. The minimum absolute atomic E-state index is 0.621. The average Bonchev–Trinajstić information content (AvgIpc) is 3.09. The fourth-order valence-electron chi connectivity index (χ4n) is 4.24. The van der Waals surface area contributed by atoms with Gasteiger partial charge in [0, 0.05) is 31.1 Å². The number of nitrogens with one attached hydrogen (secondary N) is 1. The SMILES string of the molecule is c1ccc2c(c1)OCCC2CNC1CCN2CCCC12. The molecule has 20 heavy (non-hydrogen) atoms. The van der Waals surface area contributed by atoms with Crippen molar-refractivity contribution in [2.45, 2.75) is 43.7 Å². The molecule has 1 N–H and O–H groups in total. The van der Waals surface area contributed by atoms with Gasteiger partial charge in [0.25, 0.3) is 0 Å². The molecular formula is C17H24N2O. The fourth-order valence-corrected chi connectivity index (χ4v) is 4.24. The molecule has 4 rings (SSSR count). The average molecular weight is 272 g/mol. The summed E-state index contributed by atoms with van der Waals surface area (Å²) in [5, 5.41) is 3.87. The summed E-state index contributed by atoms with van der Waals surface area (Å²) in [4.78, 5) is 2.68. The van der Waals surface area contributed by atoms with Gasteiger partial charge >= 0.3 is 0 Å². The zero-order chi connectivity index (χ0) is 13.4. The van der Waals surface area contributed by atoms with Crippen LogP contribution in [0.1, 0.15) is 37.2 Å². The van der Waals surface area contributed by atoms with Crippen LogP contribution in [0, 0.1) is 0 Å². The first-order valence-electron chi connectivity index (χ1n) is 8.11. The van der Waals surface area contributed by atoms with E-state index in [0.29, 0.717) is 12.0 Å². The Morgan fingerprint density at radius 3 is 3.10 bits per heavy atom. The molecule has 0 aliphatic carbocycles. The van der Waals surface area contributed by atoms with Crippen LogP contribution in [-0.4, -0.2) is 43.2 Å². The van der Waals surface area contributed by atoms with Gasteiger partial charge in [0.05, 0.1) is 6.61 Å². The molecule has 3 heterocycles. The van der Waals surface area contributed by atoms with Crippen LogP contribution >= 0.6 is 0 Å². The topological polar surface area (TPSA) is 24.5 Å². The molecule has 3 aliphatic rings. The highest BCUT2D eigenvalue weighted by Gasteiger charge is 2.37. The molecule has 0 aromatic heterocycles. The number of para-hydroxylation sites is 1. The van der Waals surface area contributed by atoms with Crippen LogP contribution in [0.3, 0.4) is 0 Å². The molecule has 3 atom stereocenters. The Hall–Kier alpha value is -1.06. The Labute approximate surface area is 121 Å². The van der Waals surface area contributed by atoms with E-state index in [-0.39, 0.29) is 0 Å². The predicted octanol–water partition coefficient (Wildman–Crippen LogP) is 2.38. The second-order valence-corrected chi connectivity index (χ2v) is 6.42. The van der Waals surface area contributed by atoms with E-state index in [9.17, 15) is 0 Å². The van der Waals surface area contributed by atoms with Gasteiger partial charge in [-0.1, -0.05) is 18.2 Å². The van der Waals surface area contributed by atoms with Crippen molar-refractivity contribution in [3.05, 3.63) is 29.8 Å². The summed E-state index contributed by atoms with van der Waals surface area (Å²) in [6.45, 7) is 4.59. The van der Waals surface area contributed by atoms with E-state index in [1.54, 1.807) is 0 Å². The monoisotopic (exact) mass is 272 g/mol. The highest BCUT2D eigenvalue weighted by Crippen LogP contribution is 2.34. The van der Waals surface area contributed by atoms with Gasteiger partial charge in [0.1, 0.15) is 5.75 Å². The van der Waals surface area contributed by atoms with E-state index in [0.717, 1.165) is 31.4 Å². The summed E-state index contributed by atoms with van der Waals surface area (Å²) in [6, 6.07) is 10.1. The van der Waals surface area contributed by atoms with E-state index < -0.39 is 0 Å². The maximum Gasteiger partial charge on any atom is 0.122 e. The summed E-state index contributed by atoms with van der Waals surface area (Å²) in [5.74, 6) is 1.72. The van der Waals surface area contributed by atoms with Gasteiger partial charge in [-0.2, -0.15) is 0 Å². The molecule has 108 valence electrons. The quantitative estimate of drug-likeness (QED) is 0.914. The van der Waals surface area contributed by atoms with Crippen LogP contribution in [0.5, 0.6) is 5.75 Å².